The monoisotopic (exact) mass is 197 g/mol. The Hall–Kier alpha value is -0.0551. The van der Waals surface area contributed by atoms with Crippen LogP contribution in [-0.4, -0.2) is 31.4 Å². The smallest absolute Gasteiger partial charge is 0.403 e. The molecule has 0 saturated carbocycles. The highest BCUT2D eigenvalue weighted by atomic mass is 16.7. The van der Waals surface area contributed by atoms with Crippen molar-refractivity contribution >= 4 is 7.12 Å². The number of nitrogens with one attached hydrogen (secondary N) is 1. The summed E-state index contributed by atoms with van der Waals surface area (Å²) in [4.78, 5) is 0. The molecule has 2 fully saturated rings. The van der Waals surface area contributed by atoms with Crippen LogP contribution >= 0.6 is 0 Å². The zero-order chi connectivity index (χ0) is 10.4. The molecule has 4 heteroatoms. The van der Waals surface area contributed by atoms with Crippen molar-refractivity contribution in [3.8, 4) is 0 Å². The zero-order valence-electron chi connectivity index (χ0n) is 9.59. The van der Waals surface area contributed by atoms with Gasteiger partial charge in [-0.2, -0.15) is 0 Å². The lowest BCUT2D eigenvalue weighted by Crippen LogP contribution is -2.41. The van der Waals surface area contributed by atoms with Gasteiger partial charge in [-0.05, 0) is 47.2 Å². The van der Waals surface area contributed by atoms with Crippen LogP contribution < -0.4 is 5.32 Å². The van der Waals surface area contributed by atoms with Gasteiger partial charge >= 0.3 is 7.12 Å². The molecular formula is C10H20BNO2. The molecule has 0 aromatic carbocycles. The Balaban J connectivity index is 2.05. The largest absolute Gasteiger partial charge is 0.462 e. The molecule has 1 N–H and O–H groups in total. The molecule has 1 atom stereocenters. The molecule has 0 unspecified atom stereocenters. The van der Waals surface area contributed by atoms with Crippen molar-refractivity contribution in [3.63, 3.8) is 0 Å². The molecule has 0 aliphatic carbocycles. The molecule has 0 spiro atoms. The first-order valence-electron chi connectivity index (χ1n) is 5.49. The van der Waals surface area contributed by atoms with Crippen LogP contribution in [0.15, 0.2) is 0 Å². The van der Waals surface area contributed by atoms with Crippen LogP contribution in [-0.2, 0) is 9.31 Å². The summed E-state index contributed by atoms with van der Waals surface area (Å²) in [5.41, 5.74) is -0.361. The van der Waals surface area contributed by atoms with E-state index in [0.29, 0.717) is 5.82 Å². The van der Waals surface area contributed by atoms with Gasteiger partial charge in [-0.15, -0.1) is 0 Å². The first-order valence-corrected chi connectivity index (χ1v) is 5.49. The van der Waals surface area contributed by atoms with E-state index in [9.17, 15) is 0 Å². The molecule has 80 valence electrons. The summed E-state index contributed by atoms with van der Waals surface area (Å²) in [7, 11) is -0.0185. The Morgan fingerprint density at radius 2 is 1.71 bits per heavy atom. The summed E-state index contributed by atoms with van der Waals surface area (Å²) in [5, 5.41) is 3.34. The van der Waals surface area contributed by atoms with Crippen LogP contribution in [0.3, 0.4) is 0 Å². The lowest BCUT2D eigenvalue weighted by Gasteiger charge is -2.32. The van der Waals surface area contributed by atoms with Crippen molar-refractivity contribution in [1.29, 1.82) is 0 Å². The van der Waals surface area contributed by atoms with Crippen molar-refractivity contribution in [2.45, 2.75) is 51.1 Å². The predicted molar refractivity (Wildman–Crippen MR) is 57.3 cm³/mol. The van der Waals surface area contributed by atoms with Crippen LogP contribution in [0, 0.1) is 0 Å². The van der Waals surface area contributed by atoms with E-state index < -0.39 is 0 Å². The molecule has 2 aliphatic heterocycles. The topological polar surface area (TPSA) is 30.5 Å². The zero-order valence-corrected chi connectivity index (χ0v) is 9.59. The molecule has 0 aromatic heterocycles. The van der Waals surface area contributed by atoms with Crippen molar-refractivity contribution in [2.24, 2.45) is 0 Å². The third-order valence-corrected chi connectivity index (χ3v) is 3.75. The SMILES string of the molecule is CC1(C)OB([C@H]2CCNC2)OC1(C)C. The van der Waals surface area contributed by atoms with Gasteiger partial charge < -0.3 is 14.6 Å². The van der Waals surface area contributed by atoms with Crippen LogP contribution in [0.2, 0.25) is 5.82 Å². The Kier molecular flexibility index (Phi) is 2.41. The van der Waals surface area contributed by atoms with Gasteiger partial charge in [0, 0.05) is 5.82 Å². The van der Waals surface area contributed by atoms with E-state index in [1.54, 1.807) is 0 Å². The highest BCUT2D eigenvalue weighted by molar-refractivity contribution is 6.47. The number of hydrogen-bond acceptors (Lipinski definition) is 3. The van der Waals surface area contributed by atoms with Gasteiger partial charge in [-0.25, -0.2) is 0 Å². The van der Waals surface area contributed by atoms with Crippen molar-refractivity contribution in [1.82, 2.24) is 5.32 Å². The van der Waals surface area contributed by atoms with E-state index in [-0.39, 0.29) is 18.3 Å². The van der Waals surface area contributed by atoms with Crippen molar-refractivity contribution < 1.29 is 9.31 Å². The Morgan fingerprint density at radius 1 is 1.14 bits per heavy atom. The molecule has 0 radical (unpaired) electrons. The third-order valence-electron chi connectivity index (χ3n) is 3.75. The second-order valence-electron chi connectivity index (χ2n) is 5.38. The maximum atomic E-state index is 5.99. The van der Waals surface area contributed by atoms with E-state index in [2.05, 4.69) is 33.0 Å². The van der Waals surface area contributed by atoms with Crippen LogP contribution in [0.1, 0.15) is 34.1 Å². The minimum Gasteiger partial charge on any atom is -0.403 e. The molecule has 2 saturated heterocycles. The fraction of sp³-hybridized carbons (Fsp3) is 1.00. The van der Waals surface area contributed by atoms with Gasteiger partial charge in [0.1, 0.15) is 0 Å². The fourth-order valence-corrected chi connectivity index (χ4v) is 1.99. The van der Waals surface area contributed by atoms with E-state index in [1.807, 2.05) is 0 Å². The number of hydrogen-bond donors (Lipinski definition) is 1. The molecule has 2 heterocycles. The minimum atomic E-state index is -0.180. The van der Waals surface area contributed by atoms with Crippen molar-refractivity contribution in [3.05, 3.63) is 0 Å². The first kappa shape index (κ1) is 10.5. The molecule has 2 rings (SSSR count). The summed E-state index contributed by atoms with van der Waals surface area (Å²) in [6, 6.07) is 0. The Labute approximate surface area is 86.7 Å². The molecule has 0 aromatic rings. The van der Waals surface area contributed by atoms with Crippen molar-refractivity contribution in [2.75, 3.05) is 13.1 Å². The van der Waals surface area contributed by atoms with Crippen LogP contribution in [0.5, 0.6) is 0 Å². The van der Waals surface area contributed by atoms with E-state index in [0.717, 1.165) is 19.5 Å². The van der Waals surface area contributed by atoms with Gasteiger partial charge in [0.15, 0.2) is 0 Å². The summed E-state index contributed by atoms with van der Waals surface area (Å²) in [6.45, 7) is 10.5. The minimum absolute atomic E-state index is 0.0185. The molecule has 0 bridgehead atoms. The van der Waals surface area contributed by atoms with Gasteiger partial charge in [0.2, 0.25) is 0 Å². The fourth-order valence-electron chi connectivity index (χ4n) is 1.99. The predicted octanol–water partition coefficient (Wildman–Crippen LogP) is 1.44. The summed E-state index contributed by atoms with van der Waals surface area (Å²) < 4.78 is 12.0. The van der Waals surface area contributed by atoms with E-state index >= 15 is 0 Å². The van der Waals surface area contributed by atoms with Crippen LogP contribution in [0.25, 0.3) is 0 Å². The highest BCUT2D eigenvalue weighted by Gasteiger charge is 2.53. The summed E-state index contributed by atoms with van der Waals surface area (Å²) in [6.07, 6.45) is 1.16. The second-order valence-corrected chi connectivity index (χ2v) is 5.38. The van der Waals surface area contributed by atoms with Crippen LogP contribution in [0.4, 0.5) is 0 Å². The Morgan fingerprint density at radius 3 is 2.14 bits per heavy atom. The van der Waals surface area contributed by atoms with E-state index in [4.69, 9.17) is 9.31 Å². The highest BCUT2D eigenvalue weighted by Crippen LogP contribution is 2.41. The third kappa shape index (κ3) is 1.60. The lowest BCUT2D eigenvalue weighted by molar-refractivity contribution is 0.00578. The molecular weight excluding hydrogens is 177 g/mol. The Bertz CT molecular complexity index is 208. The normalized spacial score (nSPS) is 35.1. The maximum absolute atomic E-state index is 5.99. The molecule has 2 aliphatic rings. The average Bonchev–Trinajstić information content (AvgIpc) is 2.58. The maximum Gasteiger partial charge on any atom is 0.462 e. The number of rotatable bonds is 1. The quantitative estimate of drug-likeness (QED) is 0.645. The average molecular weight is 197 g/mol. The molecule has 3 nitrogen and oxygen atoms in total. The molecule has 14 heavy (non-hydrogen) atoms. The van der Waals surface area contributed by atoms with E-state index in [1.165, 1.54) is 0 Å². The summed E-state index contributed by atoms with van der Waals surface area (Å²) in [5.74, 6) is 0.524. The summed E-state index contributed by atoms with van der Waals surface area (Å²) >= 11 is 0. The first-order chi connectivity index (χ1) is 6.42. The standard InChI is InChI=1S/C10H20BNO2/c1-9(2)10(3,4)14-11(13-9)8-5-6-12-7-8/h8,12H,5-7H2,1-4H3/t8-/m0/s1. The van der Waals surface area contributed by atoms with Gasteiger partial charge in [-0.3, -0.25) is 0 Å². The van der Waals surface area contributed by atoms with Gasteiger partial charge in [0.05, 0.1) is 11.2 Å². The van der Waals surface area contributed by atoms with Gasteiger partial charge in [-0.1, -0.05) is 0 Å². The second kappa shape index (κ2) is 3.22. The van der Waals surface area contributed by atoms with Gasteiger partial charge in [0.25, 0.3) is 0 Å². The molecule has 0 amide bonds. The lowest BCUT2D eigenvalue weighted by atomic mass is 9.71.